The van der Waals surface area contributed by atoms with E-state index in [9.17, 15) is 9.59 Å². The Morgan fingerprint density at radius 1 is 1.19 bits per heavy atom. The van der Waals surface area contributed by atoms with Gasteiger partial charge in [0.15, 0.2) is 5.79 Å². The molecule has 16 heavy (non-hydrogen) atoms. The van der Waals surface area contributed by atoms with Crippen molar-refractivity contribution in [3.05, 3.63) is 0 Å². The number of esters is 1. The fourth-order valence-electron chi connectivity index (χ4n) is 1.67. The second-order valence-electron chi connectivity index (χ2n) is 3.89. The first-order valence-electron chi connectivity index (χ1n) is 5.42. The van der Waals surface area contributed by atoms with Crippen molar-refractivity contribution in [1.82, 2.24) is 0 Å². The minimum absolute atomic E-state index is 0.0940. The highest BCUT2D eigenvalue weighted by Crippen LogP contribution is 2.30. The standard InChI is InChI=1S/C11H18O5/c1-9(12)3-5-11(15-7-8-16-11)6-4-10(13)14-2/h3-8H2,1-2H3. The number of hydrogen-bond donors (Lipinski definition) is 0. The van der Waals surface area contributed by atoms with Crippen molar-refractivity contribution in [2.45, 2.75) is 38.4 Å². The lowest BCUT2D eigenvalue weighted by atomic mass is 10.0. The maximum Gasteiger partial charge on any atom is 0.305 e. The predicted octanol–water partition coefficient (Wildman–Crippen LogP) is 1.05. The summed E-state index contributed by atoms with van der Waals surface area (Å²) >= 11 is 0. The van der Waals surface area contributed by atoms with Gasteiger partial charge < -0.3 is 19.0 Å². The Balaban J connectivity index is 2.45. The predicted molar refractivity (Wildman–Crippen MR) is 55.8 cm³/mol. The third-order valence-corrected chi connectivity index (χ3v) is 2.61. The Morgan fingerprint density at radius 2 is 1.75 bits per heavy atom. The van der Waals surface area contributed by atoms with Gasteiger partial charge in [0.25, 0.3) is 0 Å². The highest BCUT2D eigenvalue weighted by Gasteiger charge is 2.36. The summed E-state index contributed by atoms with van der Waals surface area (Å²) in [4.78, 5) is 22.0. The van der Waals surface area contributed by atoms with E-state index in [1.54, 1.807) is 0 Å². The van der Waals surface area contributed by atoms with Crippen LogP contribution in [0.1, 0.15) is 32.6 Å². The van der Waals surface area contributed by atoms with Crippen LogP contribution in [0.2, 0.25) is 0 Å². The third kappa shape index (κ3) is 3.90. The van der Waals surface area contributed by atoms with Crippen molar-refractivity contribution < 1.29 is 23.8 Å². The molecule has 0 amide bonds. The summed E-state index contributed by atoms with van der Waals surface area (Å²) in [5.74, 6) is -0.960. The molecule has 5 nitrogen and oxygen atoms in total. The topological polar surface area (TPSA) is 61.8 Å². The van der Waals surface area contributed by atoms with E-state index < -0.39 is 5.79 Å². The van der Waals surface area contributed by atoms with Gasteiger partial charge in [0.05, 0.1) is 26.7 Å². The molecule has 5 heteroatoms. The number of ketones is 1. The molecular weight excluding hydrogens is 212 g/mol. The fourth-order valence-corrected chi connectivity index (χ4v) is 1.67. The minimum Gasteiger partial charge on any atom is -0.469 e. The van der Waals surface area contributed by atoms with Gasteiger partial charge in [-0.3, -0.25) is 4.79 Å². The molecule has 0 saturated carbocycles. The first-order chi connectivity index (χ1) is 7.58. The van der Waals surface area contributed by atoms with Crippen LogP contribution in [0.5, 0.6) is 0 Å². The molecule has 1 rings (SSSR count). The molecule has 1 aliphatic rings. The number of methoxy groups -OCH3 is 1. The molecule has 1 aliphatic heterocycles. The monoisotopic (exact) mass is 230 g/mol. The van der Waals surface area contributed by atoms with E-state index in [0.717, 1.165) is 0 Å². The molecule has 0 atom stereocenters. The smallest absolute Gasteiger partial charge is 0.305 e. The Kier molecular flexibility index (Phi) is 4.89. The first kappa shape index (κ1) is 13.1. The quantitative estimate of drug-likeness (QED) is 0.638. The van der Waals surface area contributed by atoms with Crippen LogP contribution >= 0.6 is 0 Å². The third-order valence-electron chi connectivity index (χ3n) is 2.61. The zero-order valence-corrected chi connectivity index (χ0v) is 9.78. The number of carbonyl (C=O) groups is 2. The summed E-state index contributed by atoms with van der Waals surface area (Å²) in [6.07, 6.45) is 1.59. The SMILES string of the molecule is COC(=O)CCC1(CCC(C)=O)OCCO1. The van der Waals surface area contributed by atoms with Crippen LogP contribution in [0.15, 0.2) is 0 Å². The van der Waals surface area contributed by atoms with E-state index in [2.05, 4.69) is 4.74 Å². The van der Waals surface area contributed by atoms with Gasteiger partial charge >= 0.3 is 5.97 Å². The highest BCUT2D eigenvalue weighted by atomic mass is 16.7. The van der Waals surface area contributed by atoms with Gasteiger partial charge in [0, 0.05) is 19.3 Å². The lowest BCUT2D eigenvalue weighted by Crippen LogP contribution is -2.31. The van der Waals surface area contributed by atoms with Crippen LogP contribution < -0.4 is 0 Å². The average molecular weight is 230 g/mol. The van der Waals surface area contributed by atoms with Crippen LogP contribution in [0.25, 0.3) is 0 Å². The Labute approximate surface area is 95.0 Å². The number of Topliss-reactive ketones (excluding diaryl/α,β-unsaturated/α-hetero) is 1. The van der Waals surface area contributed by atoms with Crippen molar-refractivity contribution in [2.75, 3.05) is 20.3 Å². The molecule has 1 saturated heterocycles. The average Bonchev–Trinajstić information content (AvgIpc) is 2.72. The molecule has 92 valence electrons. The molecule has 0 unspecified atom stereocenters. The minimum atomic E-state index is -0.764. The van der Waals surface area contributed by atoms with Crippen molar-refractivity contribution >= 4 is 11.8 Å². The Hall–Kier alpha value is -0.940. The molecule has 0 aromatic carbocycles. The molecule has 0 N–H and O–H groups in total. The molecule has 0 aromatic heterocycles. The largest absolute Gasteiger partial charge is 0.469 e. The van der Waals surface area contributed by atoms with Gasteiger partial charge in [0.2, 0.25) is 0 Å². The van der Waals surface area contributed by atoms with E-state index in [1.807, 2.05) is 0 Å². The Morgan fingerprint density at radius 3 is 2.25 bits per heavy atom. The van der Waals surface area contributed by atoms with Gasteiger partial charge in [-0.25, -0.2) is 0 Å². The van der Waals surface area contributed by atoms with Gasteiger partial charge in [0.1, 0.15) is 5.78 Å². The van der Waals surface area contributed by atoms with Crippen LogP contribution in [-0.4, -0.2) is 37.9 Å². The van der Waals surface area contributed by atoms with Crippen molar-refractivity contribution in [2.24, 2.45) is 0 Å². The van der Waals surface area contributed by atoms with E-state index in [1.165, 1.54) is 14.0 Å². The van der Waals surface area contributed by atoms with Crippen LogP contribution in [0.3, 0.4) is 0 Å². The highest BCUT2D eigenvalue weighted by molar-refractivity contribution is 5.75. The molecule has 0 aliphatic carbocycles. The summed E-state index contributed by atoms with van der Waals surface area (Å²) in [5, 5.41) is 0. The van der Waals surface area contributed by atoms with Gasteiger partial charge in [-0.1, -0.05) is 0 Å². The van der Waals surface area contributed by atoms with Crippen molar-refractivity contribution in [1.29, 1.82) is 0 Å². The summed E-state index contributed by atoms with van der Waals surface area (Å²) in [6.45, 7) is 2.56. The van der Waals surface area contributed by atoms with E-state index in [-0.39, 0.29) is 18.2 Å². The van der Waals surface area contributed by atoms with Gasteiger partial charge in [-0.2, -0.15) is 0 Å². The number of carbonyl (C=O) groups excluding carboxylic acids is 2. The first-order valence-corrected chi connectivity index (χ1v) is 5.42. The molecule has 0 bridgehead atoms. The maximum absolute atomic E-state index is 11.0. The van der Waals surface area contributed by atoms with E-state index in [0.29, 0.717) is 32.5 Å². The number of rotatable bonds is 6. The number of hydrogen-bond acceptors (Lipinski definition) is 5. The lowest BCUT2D eigenvalue weighted by molar-refractivity contribution is -0.175. The summed E-state index contributed by atoms with van der Waals surface area (Å²) in [7, 11) is 1.35. The normalized spacial score (nSPS) is 18.4. The zero-order valence-electron chi connectivity index (χ0n) is 9.78. The molecule has 0 aromatic rings. The molecule has 1 heterocycles. The second-order valence-corrected chi connectivity index (χ2v) is 3.89. The molecule has 1 fully saturated rings. The number of ether oxygens (including phenoxy) is 3. The summed E-state index contributed by atoms with van der Waals surface area (Å²) in [5.41, 5.74) is 0. The summed E-state index contributed by atoms with van der Waals surface area (Å²) < 4.78 is 15.6. The molecule has 0 spiro atoms. The van der Waals surface area contributed by atoms with E-state index >= 15 is 0 Å². The molecular formula is C11H18O5. The van der Waals surface area contributed by atoms with Crippen LogP contribution in [-0.2, 0) is 23.8 Å². The van der Waals surface area contributed by atoms with Crippen LogP contribution in [0, 0.1) is 0 Å². The van der Waals surface area contributed by atoms with Crippen molar-refractivity contribution in [3.8, 4) is 0 Å². The lowest BCUT2D eigenvalue weighted by Gasteiger charge is -2.26. The van der Waals surface area contributed by atoms with Crippen LogP contribution in [0.4, 0.5) is 0 Å². The van der Waals surface area contributed by atoms with E-state index in [4.69, 9.17) is 9.47 Å². The summed E-state index contributed by atoms with van der Waals surface area (Å²) in [6, 6.07) is 0. The van der Waals surface area contributed by atoms with Crippen molar-refractivity contribution in [3.63, 3.8) is 0 Å². The van der Waals surface area contributed by atoms with Gasteiger partial charge in [-0.15, -0.1) is 0 Å². The Bertz CT molecular complexity index is 255. The van der Waals surface area contributed by atoms with Gasteiger partial charge in [-0.05, 0) is 6.92 Å². The maximum atomic E-state index is 11.0. The molecule has 0 radical (unpaired) electrons. The zero-order chi connectivity index (χ0) is 12.0. The fraction of sp³-hybridized carbons (Fsp3) is 0.818. The second kappa shape index (κ2) is 5.96.